The van der Waals surface area contributed by atoms with Gasteiger partial charge in [0.2, 0.25) is 0 Å². The molecular weight excluding hydrogens is 288 g/mol. The monoisotopic (exact) mass is 300 g/mol. The fraction of sp³-hybridized carbons (Fsp3) is 0.0667. The van der Waals surface area contributed by atoms with E-state index in [1.165, 1.54) is 12.1 Å². The Morgan fingerprint density at radius 2 is 1.48 bits per heavy atom. The maximum atomic E-state index is 12.0. The third-order valence-corrected chi connectivity index (χ3v) is 3.86. The summed E-state index contributed by atoms with van der Waals surface area (Å²) in [6.07, 6.45) is 0.818. The SMILES string of the molecule is CS(=O)(=O)C(=[N+]=[N-])C(=O)c1ccc(-c2ccccc2)cc1. The first-order valence-electron chi connectivity index (χ1n) is 6.06. The second-order valence-corrected chi connectivity index (χ2v) is 6.38. The van der Waals surface area contributed by atoms with E-state index in [1.54, 1.807) is 12.1 Å². The minimum absolute atomic E-state index is 0.146. The Bertz CT molecular complexity index is 819. The first kappa shape index (κ1) is 14.8. The molecule has 0 aliphatic carbocycles. The molecule has 0 saturated heterocycles. The van der Waals surface area contributed by atoms with Crippen molar-refractivity contribution in [2.45, 2.75) is 0 Å². The van der Waals surface area contributed by atoms with Crippen molar-refractivity contribution >= 4 is 20.7 Å². The second-order valence-electron chi connectivity index (χ2n) is 4.45. The molecule has 2 aromatic carbocycles. The number of Topliss-reactive ketones (excluding diaryl/α,β-unsaturated/α-hetero) is 1. The van der Waals surface area contributed by atoms with Gasteiger partial charge in [-0.05, 0) is 11.1 Å². The van der Waals surface area contributed by atoms with Gasteiger partial charge in [-0.25, -0.2) is 8.42 Å². The van der Waals surface area contributed by atoms with E-state index >= 15 is 0 Å². The lowest BCUT2D eigenvalue weighted by molar-refractivity contribution is -0.00152. The third kappa shape index (κ3) is 3.31. The number of hydrogen-bond donors (Lipinski definition) is 0. The minimum Gasteiger partial charge on any atom is -0.360 e. The van der Waals surface area contributed by atoms with Crippen LogP contribution in [0.5, 0.6) is 0 Å². The van der Waals surface area contributed by atoms with E-state index in [1.807, 2.05) is 30.3 Å². The fourth-order valence-electron chi connectivity index (χ4n) is 1.86. The van der Waals surface area contributed by atoms with E-state index in [0.29, 0.717) is 0 Å². The van der Waals surface area contributed by atoms with Crippen LogP contribution < -0.4 is 0 Å². The zero-order chi connectivity index (χ0) is 15.5. The summed E-state index contributed by atoms with van der Waals surface area (Å²) in [5.41, 5.74) is 10.7. The average molecular weight is 300 g/mol. The van der Waals surface area contributed by atoms with Crippen molar-refractivity contribution in [1.82, 2.24) is 0 Å². The standard InChI is InChI=1S/C15H12N2O3S/c1-21(19,20)15(17-16)14(18)13-9-7-12(8-10-13)11-5-3-2-4-6-11/h2-10H,1H3. The Morgan fingerprint density at radius 1 is 0.952 bits per heavy atom. The van der Waals surface area contributed by atoms with Crippen LogP contribution in [0.3, 0.4) is 0 Å². The smallest absolute Gasteiger partial charge is 0.360 e. The predicted octanol–water partition coefficient (Wildman–Crippen LogP) is 2.21. The van der Waals surface area contributed by atoms with Crippen LogP contribution in [-0.4, -0.2) is 30.3 Å². The molecule has 6 heteroatoms. The molecule has 0 saturated carbocycles. The largest absolute Gasteiger partial charge is 0.452 e. The van der Waals surface area contributed by atoms with Gasteiger partial charge in [-0.1, -0.05) is 54.6 Å². The first-order valence-corrected chi connectivity index (χ1v) is 7.95. The number of hydrogen-bond acceptors (Lipinski definition) is 3. The minimum atomic E-state index is -3.87. The van der Waals surface area contributed by atoms with Crippen molar-refractivity contribution in [3.63, 3.8) is 0 Å². The average Bonchev–Trinajstić information content (AvgIpc) is 2.47. The van der Waals surface area contributed by atoms with E-state index in [9.17, 15) is 13.2 Å². The van der Waals surface area contributed by atoms with Gasteiger partial charge in [-0.15, -0.1) is 4.79 Å². The van der Waals surface area contributed by atoms with Gasteiger partial charge in [0.15, 0.2) is 0 Å². The van der Waals surface area contributed by atoms with Crippen LogP contribution in [0.1, 0.15) is 10.4 Å². The van der Waals surface area contributed by atoms with Gasteiger partial charge in [0.25, 0.3) is 15.6 Å². The van der Waals surface area contributed by atoms with Crippen LogP contribution in [0.2, 0.25) is 0 Å². The Hall–Kier alpha value is -2.56. The molecule has 0 radical (unpaired) electrons. The molecule has 106 valence electrons. The Kier molecular flexibility index (Phi) is 4.12. The van der Waals surface area contributed by atoms with Gasteiger partial charge >= 0.3 is 5.04 Å². The van der Waals surface area contributed by atoms with E-state index in [0.717, 1.165) is 17.4 Å². The highest BCUT2D eigenvalue weighted by molar-refractivity contribution is 8.07. The fourth-order valence-corrected chi connectivity index (χ4v) is 2.46. The van der Waals surface area contributed by atoms with E-state index in [-0.39, 0.29) is 5.56 Å². The molecule has 2 rings (SSSR count). The number of ketones is 1. The number of benzene rings is 2. The zero-order valence-corrected chi connectivity index (χ0v) is 12.0. The molecule has 0 unspecified atom stereocenters. The maximum Gasteiger partial charge on any atom is 0.452 e. The summed E-state index contributed by atoms with van der Waals surface area (Å²) in [7, 11) is -3.87. The van der Waals surface area contributed by atoms with E-state index < -0.39 is 20.7 Å². The van der Waals surface area contributed by atoms with Crippen LogP contribution in [-0.2, 0) is 9.84 Å². The quantitative estimate of drug-likeness (QED) is 0.286. The van der Waals surface area contributed by atoms with E-state index in [4.69, 9.17) is 5.53 Å². The summed E-state index contributed by atoms with van der Waals surface area (Å²) in [4.78, 5) is 14.6. The van der Waals surface area contributed by atoms with Crippen molar-refractivity contribution in [3.05, 3.63) is 65.7 Å². The molecule has 0 heterocycles. The summed E-state index contributed by atoms with van der Waals surface area (Å²) in [5.74, 6) is -0.834. The number of carbonyl (C=O) groups excluding carboxylic acids is 1. The summed E-state index contributed by atoms with van der Waals surface area (Å²) in [5, 5.41) is -0.866. The molecule has 0 aliphatic heterocycles. The molecule has 0 fully saturated rings. The lowest BCUT2D eigenvalue weighted by atomic mass is 10.0. The molecule has 0 spiro atoms. The number of carbonyl (C=O) groups is 1. The molecule has 21 heavy (non-hydrogen) atoms. The molecule has 0 aliphatic rings. The Balaban J connectivity index is 2.36. The summed E-state index contributed by atoms with van der Waals surface area (Å²) >= 11 is 0. The number of nitrogens with zero attached hydrogens (tertiary/aromatic N) is 2. The highest BCUT2D eigenvalue weighted by atomic mass is 32.2. The van der Waals surface area contributed by atoms with Gasteiger partial charge in [0, 0.05) is 5.56 Å². The molecule has 5 nitrogen and oxygen atoms in total. The predicted molar refractivity (Wildman–Crippen MR) is 79.7 cm³/mol. The summed E-state index contributed by atoms with van der Waals surface area (Å²) in [6, 6.07) is 16.0. The Morgan fingerprint density at radius 3 is 1.95 bits per heavy atom. The van der Waals surface area contributed by atoms with Gasteiger partial charge < -0.3 is 5.53 Å². The van der Waals surface area contributed by atoms with Crippen LogP contribution in [0.15, 0.2) is 54.6 Å². The van der Waals surface area contributed by atoms with Gasteiger partial charge in [0.05, 0.1) is 6.26 Å². The van der Waals surface area contributed by atoms with Crippen LogP contribution in [0.25, 0.3) is 16.7 Å². The highest BCUT2D eigenvalue weighted by Gasteiger charge is 2.32. The second kappa shape index (κ2) is 5.83. The lowest BCUT2D eigenvalue weighted by Gasteiger charge is -2.02. The Labute approximate surface area is 122 Å². The van der Waals surface area contributed by atoms with Crippen molar-refractivity contribution < 1.29 is 18.0 Å². The third-order valence-electron chi connectivity index (χ3n) is 2.89. The molecule has 0 amide bonds. The normalized spacial score (nSPS) is 10.7. The zero-order valence-electron chi connectivity index (χ0n) is 11.2. The molecule has 0 atom stereocenters. The molecule has 2 aromatic rings. The first-order chi connectivity index (χ1) is 9.93. The molecule has 0 N–H and O–H groups in total. The highest BCUT2D eigenvalue weighted by Crippen LogP contribution is 2.19. The van der Waals surface area contributed by atoms with E-state index in [2.05, 4.69) is 4.79 Å². The van der Waals surface area contributed by atoms with Crippen molar-refractivity contribution in [2.24, 2.45) is 0 Å². The van der Waals surface area contributed by atoms with Gasteiger partial charge in [-0.2, -0.15) is 0 Å². The molecular formula is C15H12N2O3S. The van der Waals surface area contributed by atoms with Crippen molar-refractivity contribution in [1.29, 1.82) is 0 Å². The van der Waals surface area contributed by atoms with Crippen molar-refractivity contribution in [3.8, 4) is 11.1 Å². The van der Waals surface area contributed by atoms with Crippen LogP contribution in [0.4, 0.5) is 0 Å². The summed E-state index contributed by atoms with van der Waals surface area (Å²) in [6.45, 7) is 0. The number of rotatable bonds is 3. The van der Waals surface area contributed by atoms with Gasteiger partial charge in [-0.3, -0.25) is 4.79 Å². The number of sulfone groups is 1. The van der Waals surface area contributed by atoms with Crippen molar-refractivity contribution in [2.75, 3.05) is 6.26 Å². The molecule has 0 bridgehead atoms. The van der Waals surface area contributed by atoms with Crippen LogP contribution >= 0.6 is 0 Å². The van der Waals surface area contributed by atoms with Crippen LogP contribution in [0, 0.1) is 0 Å². The lowest BCUT2D eigenvalue weighted by Crippen LogP contribution is -2.24. The molecule has 0 aromatic heterocycles. The van der Waals surface area contributed by atoms with Gasteiger partial charge in [0.1, 0.15) is 0 Å². The maximum absolute atomic E-state index is 12.0. The topological polar surface area (TPSA) is 87.6 Å². The summed E-state index contributed by atoms with van der Waals surface area (Å²) < 4.78 is 22.7.